The third kappa shape index (κ3) is 4.97. The maximum absolute atomic E-state index is 11.5. The van der Waals surface area contributed by atoms with Crippen molar-refractivity contribution in [3.63, 3.8) is 0 Å². The second-order valence-electron chi connectivity index (χ2n) is 5.12. The van der Waals surface area contributed by atoms with Crippen LogP contribution in [0, 0.1) is 5.92 Å². The SMILES string of the molecule is CC(C)CCC(=O)OCc1nc(-c2cccc(Br)c2)no1. The van der Waals surface area contributed by atoms with Crippen LogP contribution in [0.15, 0.2) is 33.3 Å². The summed E-state index contributed by atoms with van der Waals surface area (Å²) in [5.41, 5.74) is 0.838. The average Bonchev–Trinajstić information content (AvgIpc) is 2.92. The van der Waals surface area contributed by atoms with E-state index in [9.17, 15) is 4.79 Å². The van der Waals surface area contributed by atoms with Gasteiger partial charge in [-0.25, -0.2) is 0 Å². The molecule has 0 aliphatic carbocycles. The van der Waals surface area contributed by atoms with E-state index in [1.54, 1.807) is 0 Å². The van der Waals surface area contributed by atoms with E-state index in [2.05, 4.69) is 39.9 Å². The number of benzene rings is 1. The first-order valence-corrected chi connectivity index (χ1v) is 7.58. The monoisotopic (exact) mass is 352 g/mol. The fourth-order valence-corrected chi connectivity index (χ4v) is 2.08. The molecule has 1 aromatic carbocycles. The van der Waals surface area contributed by atoms with Gasteiger partial charge in [0.2, 0.25) is 5.82 Å². The molecule has 0 aliphatic rings. The fourth-order valence-electron chi connectivity index (χ4n) is 1.68. The molecule has 0 unspecified atom stereocenters. The minimum atomic E-state index is -0.245. The molecule has 1 aromatic heterocycles. The van der Waals surface area contributed by atoms with Gasteiger partial charge in [0.05, 0.1) is 0 Å². The zero-order valence-electron chi connectivity index (χ0n) is 12.0. The highest BCUT2D eigenvalue weighted by molar-refractivity contribution is 9.10. The van der Waals surface area contributed by atoms with Gasteiger partial charge in [-0.15, -0.1) is 0 Å². The van der Waals surface area contributed by atoms with Crippen LogP contribution in [0.4, 0.5) is 0 Å². The van der Waals surface area contributed by atoms with Crippen molar-refractivity contribution in [1.29, 1.82) is 0 Å². The fraction of sp³-hybridized carbons (Fsp3) is 0.400. The number of hydrogen-bond acceptors (Lipinski definition) is 5. The van der Waals surface area contributed by atoms with Crippen LogP contribution in [0.25, 0.3) is 11.4 Å². The molecule has 6 heteroatoms. The van der Waals surface area contributed by atoms with Crippen LogP contribution >= 0.6 is 15.9 Å². The Labute approximate surface area is 131 Å². The van der Waals surface area contributed by atoms with Crippen LogP contribution in [0.5, 0.6) is 0 Å². The van der Waals surface area contributed by atoms with Crippen molar-refractivity contribution in [2.75, 3.05) is 0 Å². The second-order valence-corrected chi connectivity index (χ2v) is 6.03. The number of ether oxygens (including phenoxy) is 1. The van der Waals surface area contributed by atoms with Gasteiger partial charge in [0.1, 0.15) is 0 Å². The summed E-state index contributed by atoms with van der Waals surface area (Å²) in [5, 5.41) is 3.88. The third-order valence-electron chi connectivity index (χ3n) is 2.83. The Morgan fingerprint density at radius 2 is 2.24 bits per heavy atom. The second kappa shape index (κ2) is 7.36. The first-order valence-electron chi connectivity index (χ1n) is 6.78. The quantitative estimate of drug-likeness (QED) is 0.735. The predicted molar refractivity (Wildman–Crippen MR) is 81.3 cm³/mol. The minimum Gasteiger partial charge on any atom is -0.456 e. The lowest BCUT2D eigenvalue weighted by atomic mass is 10.1. The lowest BCUT2D eigenvalue weighted by Crippen LogP contribution is -2.06. The molecule has 0 spiro atoms. The molecule has 0 N–H and O–H groups in total. The number of rotatable bonds is 6. The molecule has 0 bridgehead atoms. The Morgan fingerprint density at radius 1 is 1.43 bits per heavy atom. The summed E-state index contributed by atoms with van der Waals surface area (Å²) in [6.45, 7) is 4.14. The van der Waals surface area contributed by atoms with E-state index in [0.29, 0.717) is 24.1 Å². The Balaban J connectivity index is 1.90. The first kappa shape index (κ1) is 15.7. The highest BCUT2D eigenvalue weighted by Gasteiger charge is 2.11. The Kier molecular flexibility index (Phi) is 5.50. The van der Waals surface area contributed by atoms with Gasteiger partial charge in [-0.3, -0.25) is 4.79 Å². The van der Waals surface area contributed by atoms with Crippen molar-refractivity contribution in [2.45, 2.75) is 33.3 Å². The smallest absolute Gasteiger partial charge is 0.306 e. The van der Waals surface area contributed by atoms with Gasteiger partial charge in [0, 0.05) is 16.5 Å². The van der Waals surface area contributed by atoms with Crippen molar-refractivity contribution in [3.8, 4) is 11.4 Å². The topological polar surface area (TPSA) is 65.2 Å². The average molecular weight is 353 g/mol. The van der Waals surface area contributed by atoms with Gasteiger partial charge in [-0.2, -0.15) is 4.98 Å². The van der Waals surface area contributed by atoms with Crippen molar-refractivity contribution in [1.82, 2.24) is 10.1 Å². The predicted octanol–water partition coefficient (Wildman–Crippen LogP) is 3.98. The summed E-state index contributed by atoms with van der Waals surface area (Å²) in [5.74, 6) is 1.00. The van der Waals surface area contributed by atoms with Crippen LogP contribution in [0.1, 0.15) is 32.6 Å². The molecule has 5 nitrogen and oxygen atoms in total. The lowest BCUT2D eigenvalue weighted by molar-refractivity contribution is -0.146. The lowest BCUT2D eigenvalue weighted by Gasteiger charge is -2.03. The van der Waals surface area contributed by atoms with E-state index in [-0.39, 0.29) is 12.6 Å². The maximum Gasteiger partial charge on any atom is 0.306 e. The van der Waals surface area contributed by atoms with Crippen LogP contribution in [0.3, 0.4) is 0 Å². The number of halogens is 1. The molecule has 2 aromatic rings. The number of carbonyl (C=O) groups excluding carboxylic acids is 1. The number of nitrogens with zero attached hydrogens (tertiary/aromatic N) is 2. The Bertz CT molecular complexity index is 610. The molecule has 0 saturated heterocycles. The number of carbonyl (C=O) groups is 1. The molecule has 2 rings (SSSR count). The van der Waals surface area contributed by atoms with E-state index in [1.165, 1.54) is 0 Å². The van der Waals surface area contributed by atoms with Gasteiger partial charge < -0.3 is 9.26 Å². The summed E-state index contributed by atoms with van der Waals surface area (Å²) >= 11 is 3.39. The van der Waals surface area contributed by atoms with Gasteiger partial charge in [-0.05, 0) is 24.5 Å². The highest BCUT2D eigenvalue weighted by atomic mass is 79.9. The zero-order chi connectivity index (χ0) is 15.2. The summed E-state index contributed by atoms with van der Waals surface area (Å²) in [6.07, 6.45) is 1.22. The van der Waals surface area contributed by atoms with E-state index in [1.807, 2.05) is 24.3 Å². The minimum absolute atomic E-state index is 0.0118. The molecular formula is C15H17BrN2O3. The molecular weight excluding hydrogens is 336 g/mol. The van der Waals surface area contributed by atoms with Gasteiger partial charge >= 0.3 is 5.97 Å². The van der Waals surface area contributed by atoms with Crippen molar-refractivity contribution in [2.24, 2.45) is 5.92 Å². The summed E-state index contributed by atoms with van der Waals surface area (Å²) in [7, 11) is 0. The largest absolute Gasteiger partial charge is 0.456 e. The van der Waals surface area contributed by atoms with Crippen LogP contribution in [-0.2, 0) is 16.1 Å². The van der Waals surface area contributed by atoms with Crippen molar-refractivity contribution in [3.05, 3.63) is 34.6 Å². The number of hydrogen-bond donors (Lipinski definition) is 0. The van der Waals surface area contributed by atoms with E-state index in [4.69, 9.17) is 9.26 Å². The summed E-state index contributed by atoms with van der Waals surface area (Å²) in [6, 6.07) is 7.58. The molecule has 0 fully saturated rings. The molecule has 21 heavy (non-hydrogen) atoms. The molecule has 112 valence electrons. The van der Waals surface area contributed by atoms with Gasteiger partial charge in [0.25, 0.3) is 5.89 Å². The van der Waals surface area contributed by atoms with Gasteiger partial charge in [-0.1, -0.05) is 47.1 Å². The maximum atomic E-state index is 11.5. The third-order valence-corrected chi connectivity index (χ3v) is 3.33. The normalized spacial score (nSPS) is 10.9. The van der Waals surface area contributed by atoms with E-state index >= 15 is 0 Å². The molecule has 0 amide bonds. The Hall–Kier alpha value is -1.69. The summed E-state index contributed by atoms with van der Waals surface area (Å²) < 4.78 is 11.1. The molecule has 0 aliphatic heterocycles. The zero-order valence-corrected chi connectivity index (χ0v) is 13.6. The van der Waals surface area contributed by atoms with Crippen LogP contribution in [-0.4, -0.2) is 16.1 Å². The number of esters is 1. The molecule has 0 atom stereocenters. The van der Waals surface area contributed by atoms with E-state index in [0.717, 1.165) is 16.5 Å². The van der Waals surface area contributed by atoms with Gasteiger partial charge in [0.15, 0.2) is 6.61 Å². The standard InChI is InChI=1S/C15H17BrN2O3/c1-10(2)6-7-14(19)20-9-13-17-15(18-21-13)11-4-3-5-12(16)8-11/h3-5,8,10H,6-7,9H2,1-2H3. The van der Waals surface area contributed by atoms with E-state index < -0.39 is 0 Å². The van der Waals surface area contributed by atoms with Crippen molar-refractivity contribution < 1.29 is 14.1 Å². The first-order chi connectivity index (χ1) is 10.0. The summed E-state index contributed by atoms with van der Waals surface area (Å²) in [4.78, 5) is 15.7. The number of aromatic nitrogens is 2. The molecule has 0 radical (unpaired) electrons. The van der Waals surface area contributed by atoms with Crippen molar-refractivity contribution >= 4 is 21.9 Å². The molecule has 0 saturated carbocycles. The highest BCUT2D eigenvalue weighted by Crippen LogP contribution is 2.20. The molecule has 1 heterocycles. The Morgan fingerprint density at radius 3 is 2.95 bits per heavy atom. The van der Waals surface area contributed by atoms with Crippen LogP contribution in [0.2, 0.25) is 0 Å². The van der Waals surface area contributed by atoms with Crippen LogP contribution < -0.4 is 0 Å².